The highest BCUT2D eigenvalue weighted by Gasteiger charge is 2.18. The molecule has 9 heteroatoms. The van der Waals surface area contributed by atoms with E-state index in [1.165, 1.54) is 17.7 Å². The number of nitrogens with zero attached hydrogens (tertiary/aromatic N) is 2. The monoisotopic (exact) mass is 392 g/mol. The molecule has 0 amide bonds. The number of carbonyl (C=O) groups is 2. The zero-order valence-corrected chi connectivity index (χ0v) is 15.1. The van der Waals surface area contributed by atoms with Gasteiger partial charge in [-0.05, 0) is 30.3 Å². The Morgan fingerprint density at radius 3 is 2.46 bits per heavy atom. The van der Waals surface area contributed by atoms with Gasteiger partial charge in [0.25, 0.3) is 5.56 Å². The van der Waals surface area contributed by atoms with Crippen LogP contribution in [0.5, 0.6) is 0 Å². The number of ketones is 1. The number of aromatic nitrogens is 2. The SMILES string of the molecule is Cn1c(=O)n(CCC(=O)c2ccc(Cl)cc2)c(=O)c2cc(C(=O)O)sc21. The molecule has 26 heavy (non-hydrogen) atoms. The first-order chi connectivity index (χ1) is 12.3. The first-order valence-electron chi connectivity index (χ1n) is 7.55. The Morgan fingerprint density at radius 1 is 1.19 bits per heavy atom. The molecule has 0 fully saturated rings. The standard InChI is InChI=1S/C17H13ClN2O5S/c1-19-15-11(8-13(26-15)16(23)24)14(22)20(17(19)25)7-6-12(21)9-2-4-10(18)5-3-9/h2-5,8H,6-7H2,1H3,(H,23,24). The molecule has 0 atom stereocenters. The van der Waals surface area contributed by atoms with E-state index in [0.29, 0.717) is 10.6 Å². The highest BCUT2D eigenvalue weighted by Crippen LogP contribution is 2.21. The second-order valence-corrected chi connectivity index (χ2v) is 7.08. The van der Waals surface area contributed by atoms with Crippen LogP contribution in [0.4, 0.5) is 0 Å². The van der Waals surface area contributed by atoms with Crippen LogP contribution in [0.2, 0.25) is 5.02 Å². The van der Waals surface area contributed by atoms with E-state index in [0.717, 1.165) is 15.9 Å². The minimum absolute atomic E-state index is 0.0258. The van der Waals surface area contributed by atoms with Crippen LogP contribution in [0.3, 0.4) is 0 Å². The average molecular weight is 393 g/mol. The fourth-order valence-electron chi connectivity index (χ4n) is 2.58. The minimum Gasteiger partial charge on any atom is -0.477 e. The van der Waals surface area contributed by atoms with Gasteiger partial charge in [0.05, 0.1) is 5.39 Å². The maximum Gasteiger partial charge on any atom is 0.345 e. The van der Waals surface area contributed by atoms with Gasteiger partial charge in [0.15, 0.2) is 5.78 Å². The number of Topliss-reactive ketones (excluding diaryl/α,β-unsaturated/α-hetero) is 1. The lowest BCUT2D eigenvalue weighted by molar-refractivity contribution is 0.0702. The van der Waals surface area contributed by atoms with Gasteiger partial charge in [-0.1, -0.05) is 11.6 Å². The van der Waals surface area contributed by atoms with E-state index in [1.54, 1.807) is 24.3 Å². The molecule has 0 aliphatic carbocycles. The van der Waals surface area contributed by atoms with Crippen molar-refractivity contribution < 1.29 is 14.7 Å². The second-order valence-electron chi connectivity index (χ2n) is 5.61. The van der Waals surface area contributed by atoms with Crippen molar-refractivity contribution in [3.8, 4) is 0 Å². The van der Waals surface area contributed by atoms with Gasteiger partial charge < -0.3 is 5.11 Å². The van der Waals surface area contributed by atoms with Crippen LogP contribution in [0.25, 0.3) is 10.2 Å². The smallest absolute Gasteiger partial charge is 0.345 e. The van der Waals surface area contributed by atoms with Gasteiger partial charge in [0, 0.05) is 30.6 Å². The van der Waals surface area contributed by atoms with Crippen molar-refractivity contribution in [3.05, 3.63) is 66.6 Å². The molecule has 134 valence electrons. The zero-order chi connectivity index (χ0) is 19.0. The van der Waals surface area contributed by atoms with Gasteiger partial charge in [0.2, 0.25) is 0 Å². The Hall–Kier alpha value is -2.71. The number of rotatable bonds is 5. The van der Waals surface area contributed by atoms with E-state index in [1.807, 2.05) is 0 Å². The summed E-state index contributed by atoms with van der Waals surface area (Å²) in [6.45, 7) is -0.0961. The molecule has 0 saturated carbocycles. The van der Waals surface area contributed by atoms with Gasteiger partial charge in [-0.25, -0.2) is 9.59 Å². The van der Waals surface area contributed by atoms with Gasteiger partial charge >= 0.3 is 11.7 Å². The number of fused-ring (bicyclic) bond motifs is 1. The lowest BCUT2D eigenvalue weighted by Crippen LogP contribution is -2.39. The summed E-state index contributed by atoms with van der Waals surface area (Å²) >= 11 is 6.65. The summed E-state index contributed by atoms with van der Waals surface area (Å²) in [6.07, 6.45) is -0.0434. The molecule has 0 spiro atoms. The first-order valence-corrected chi connectivity index (χ1v) is 8.74. The highest BCUT2D eigenvalue weighted by atomic mass is 35.5. The van der Waals surface area contributed by atoms with Gasteiger partial charge in [-0.3, -0.25) is 18.7 Å². The van der Waals surface area contributed by atoms with Crippen molar-refractivity contribution in [2.75, 3.05) is 0 Å². The topological polar surface area (TPSA) is 98.4 Å². The summed E-state index contributed by atoms with van der Waals surface area (Å²) in [7, 11) is 1.46. The fourth-order valence-corrected chi connectivity index (χ4v) is 3.65. The lowest BCUT2D eigenvalue weighted by Gasteiger charge is -2.08. The number of carboxylic acid groups (broad SMARTS) is 1. The number of carboxylic acids is 1. The summed E-state index contributed by atoms with van der Waals surface area (Å²) in [4.78, 5) is 48.6. The van der Waals surface area contributed by atoms with E-state index in [2.05, 4.69) is 0 Å². The number of thiophene rings is 1. The van der Waals surface area contributed by atoms with Crippen LogP contribution in [0, 0.1) is 0 Å². The van der Waals surface area contributed by atoms with Crippen molar-refractivity contribution in [2.24, 2.45) is 7.05 Å². The number of benzene rings is 1. The van der Waals surface area contributed by atoms with E-state index < -0.39 is 17.2 Å². The molecule has 2 aromatic heterocycles. The number of hydrogen-bond acceptors (Lipinski definition) is 5. The molecule has 0 unspecified atom stereocenters. The maximum absolute atomic E-state index is 12.6. The van der Waals surface area contributed by atoms with E-state index in [4.69, 9.17) is 16.7 Å². The van der Waals surface area contributed by atoms with Crippen LogP contribution in [-0.4, -0.2) is 26.0 Å². The predicted molar refractivity (Wildman–Crippen MR) is 98.7 cm³/mol. The predicted octanol–water partition coefficient (Wildman–Crippen LogP) is 2.39. The number of carbonyl (C=O) groups excluding carboxylic acids is 1. The van der Waals surface area contributed by atoms with Crippen molar-refractivity contribution in [3.63, 3.8) is 0 Å². The van der Waals surface area contributed by atoms with Crippen molar-refractivity contribution in [1.82, 2.24) is 9.13 Å². The van der Waals surface area contributed by atoms with Gasteiger partial charge in [-0.15, -0.1) is 11.3 Å². The molecule has 1 N–H and O–H groups in total. The Morgan fingerprint density at radius 2 is 1.85 bits per heavy atom. The molecule has 2 heterocycles. The van der Waals surface area contributed by atoms with Gasteiger partial charge in [0.1, 0.15) is 9.71 Å². The third-order valence-corrected chi connectivity index (χ3v) is 5.40. The second kappa shape index (κ2) is 6.89. The van der Waals surface area contributed by atoms with Crippen molar-refractivity contribution in [1.29, 1.82) is 0 Å². The van der Waals surface area contributed by atoms with Crippen molar-refractivity contribution in [2.45, 2.75) is 13.0 Å². The minimum atomic E-state index is -1.16. The molecular formula is C17H13ClN2O5S. The Balaban J connectivity index is 1.96. The molecule has 0 radical (unpaired) electrons. The van der Waals surface area contributed by atoms with Crippen LogP contribution in [0.15, 0.2) is 39.9 Å². The first kappa shape index (κ1) is 18.1. The summed E-state index contributed by atoms with van der Waals surface area (Å²) in [5, 5.41) is 9.74. The third-order valence-electron chi connectivity index (χ3n) is 3.95. The van der Waals surface area contributed by atoms with Crippen LogP contribution in [-0.2, 0) is 13.6 Å². The summed E-state index contributed by atoms with van der Waals surface area (Å²) in [6, 6.07) is 7.58. The maximum atomic E-state index is 12.6. The Kier molecular flexibility index (Phi) is 4.80. The van der Waals surface area contributed by atoms with Crippen LogP contribution < -0.4 is 11.2 Å². The number of aryl methyl sites for hydroxylation is 1. The normalized spacial score (nSPS) is 11.0. The van der Waals surface area contributed by atoms with Crippen LogP contribution in [0.1, 0.15) is 26.5 Å². The quantitative estimate of drug-likeness (QED) is 0.672. The molecule has 0 saturated heterocycles. The molecule has 3 rings (SSSR count). The zero-order valence-electron chi connectivity index (χ0n) is 13.6. The lowest BCUT2D eigenvalue weighted by atomic mass is 10.1. The number of aromatic carboxylic acids is 1. The number of halogens is 1. The molecule has 7 nitrogen and oxygen atoms in total. The summed E-state index contributed by atoms with van der Waals surface area (Å²) in [5.41, 5.74) is -0.759. The van der Waals surface area contributed by atoms with E-state index >= 15 is 0 Å². The number of hydrogen-bond donors (Lipinski definition) is 1. The van der Waals surface area contributed by atoms with E-state index in [9.17, 15) is 19.2 Å². The Labute approximate surface area is 155 Å². The van der Waals surface area contributed by atoms with Crippen LogP contribution >= 0.6 is 22.9 Å². The summed E-state index contributed by atoms with van der Waals surface area (Å²) in [5.74, 6) is -1.39. The van der Waals surface area contributed by atoms with Gasteiger partial charge in [-0.2, -0.15) is 0 Å². The molecular weight excluding hydrogens is 380 g/mol. The van der Waals surface area contributed by atoms with E-state index in [-0.39, 0.29) is 33.8 Å². The molecule has 0 aliphatic rings. The van der Waals surface area contributed by atoms with Crippen molar-refractivity contribution >= 4 is 44.9 Å². The highest BCUT2D eigenvalue weighted by molar-refractivity contribution is 7.20. The molecule has 0 aliphatic heterocycles. The third kappa shape index (κ3) is 3.21. The average Bonchev–Trinajstić information content (AvgIpc) is 3.06. The molecule has 0 bridgehead atoms. The molecule has 3 aromatic rings. The summed E-state index contributed by atoms with van der Waals surface area (Å²) < 4.78 is 2.18. The largest absolute Gasteiger partial charge is 0.477 e. The molecule has 1 aromatic carbocycles. The Bertz CT molecular complexity index is 1140. The fraction of sp³-hybridized carbons (Fsp3) is 0.176.